The summed E-state index contributed by atoms with van der Waals surface area (Å²) in [6.07, 6.45) is 4.35. The van der Waals surface area contributed by atoms with Gasteiger partial charge in [0.2, 0.25) is 0 Å². The van der Waals surface area contributed by atoms with Gasteiger partial charge in [0.05, 0.1) is 10.0 Å². The quantitative estimate of drug-likeness (QED) is 0.898. The molecule has 98 valence electrons. The molecule has 0 saturated heterocycles. The molecule has 0 unspecified atom stereocenters. The number of hydrogen-bond acceptors (Lipinski definition) is 2. The molecular weight excluding hydrogens is 269 g/mol. The molecule has 0 spiro atoms. The summed E-state index contributed by atoms with van der Waals surface area (Å²) in [5.74, 6) is 0.235. The molecule has 1 saturated carbocycles. The summed E-state index contributed by atoms with van der Waals surface area (Å²) >= 11 is 11.8. The van der Waals surface area contributed by atoms with Gasteiger partial charge in [-0.3, -0.25) is 4.79 Å². The maximum Gasteiger partial charge on any atom is 0.137 e. The van der Waals surface area contributed by atoms with Crippen molar-refractivity contribution >= 4 is 29.0 Å². The van der Waals surface area contributed by atoms with E-state index < -0.39 is 0 Å². The molecule has 2 nitrogen and oxygen atoms in total. The number of carbonyl (C=O) groups is 1. The van der Waals surface area contributed by atoms with Gasteiger partial charge < -0.3 is 5.73 Å². The number of carbonyl (C=O) groups excluding carboxylic acids is 1. The SMILES string of the molecule is NCC1(CC(=O)Cc2ccc(Cl)c(Cl)c2)CCC1. The van der Waals surface area contributed by atoms with Crippen molar-refractivity contribution in [3.05, 3.63) is 33.8 Å². The Morgan fingerprint density at radius 1 is 1.28 bits per heavy atom. The van der Waals surface area contributed by atoms with Crippen LogP contribution in [0.15, 0.2) is 18.2 Å². The minimum absolute atomic E-state index is 0.0767. The zero-order chi connectivity index (χ0) is 13.2. The Kier molecular flexibility index (Phi) is 4.31. The molecule has 1 aromatic rings. The Bertz CT molecular complexity index is 450. The first-order chi connectivity index (χ1) is 8.54. The van der Waals surface area contributed by atoms with E-state index in [-0.39, 0.29) is 11.2 Å². The molecule has 0 radical (unpaired) electrons. The maximum absolute atomic E-state index is 12.0. The molecule has 2 rings (SSSR count). The van der Waals surface area contributed by atoms with E-state index in [4.69, 9.17) is 28.9 Å². The number of ketones is 1. The number of benzene rings is 1. The van der Waals surface area contributed by atoms with Crippen molar-refractivity contribution in [2.75, 3.05) is 6.54 Å². The van der Waals surface area contributed by atoms with Gasteiger partial charge in [0.25, 0.3) is 0 Å². The number of halogens is 2. The molecular formula is C14H17Cl2NO. The van der Waals surface area contributed by atoms with Gasteiger partial charge in [-0.2, -0.15) is 0 Å². The molecule has 0 aliphatic heterocycles. The van der Waals surface area contributed by atoms with Crippen molar-refractivity contribution in [1.29, 1.82) is 0 Å². The van der Waals surface area contributed by atoms with Gasteiger partial charge in [0.15, 0.2) is 0 Å². The average Bonchev–Trinajstić information content (AvgIpc) is 2.29. The summed E-state index contributed by atoms with van der Waals surface area (Å²) in [7, 11) is 0. The standard InChI is InChI=1S/C14H17Cl2NO/c15-12-3-2-10(7-13(12)16)6-11(18)8-14(9-17)4-1-5-14/h2-3,7H,1,4-6,8-9,17H2. The molecule has 2 N–H and O–H groups in total. The molecule has 18 heavy (non-hydrogen) atoms. The van der Waals surface area contributed by atoms with Gasteiger partial charge in [0.1, 0.15) is 5.78 Å². The largest absolute Gasteiger partial charge is 0.330 e. The molecule has 0 bridgehead atoms. The third-order valence-corrected chi connectivity index (χ3v) is 4.54. The van der Waals surface area contributed by atoms with Crippen LogP contribution in [0, 0.1) is 5.41 Å². The van der Waals surface area contributed by atoms with Crippen LogP contribution in [-0.4, -0.2) is 12.3 Å². The first-order valence-electron chi connectivity index (χ1n) is 6.20. The Morgan fingerprint density at radius 3 is 2.50 bits per heavy atom. The number of Topliss-reactive ketones (excluding diaryl/α,β-unsaturated/α-hetero) is 1. The molecule has 0 amide bonds. The van der Waals surface area contributed by atoms with Crippen LogP contribution in [0.4, 0.5) is 0 Å². The van der Waals surface area contributed by atoms with Crippen LogP contribution < -0.4 is 5.73 Å². The lowest BCUT2D eigenvalue weighted by molar-refractivity contribution is -0.122. The minimum Gasteiger partial charge on any atom is -0.330 e. The third kappa shape index (κ3) is 3.05. The minimum atomic E-state index is 0.0767. The van der Waals surface area contributed by atoms with Crippen LogP contribution in [0.2, 0.25) is 10.0 Å². The van der Waals surface area contributed by atoms with Crippen molar-refractivity contribution in [2.45, 2.75) is 32.1 Å². The summed E-state index contributed by atoms with van der Waals surface area (Å²) in [6, 6.07) is 5.34. The molecule has 4 heteroatoms. The fraction of sp³-hybridized carbons (Fsp3) is 0.500. The number of nitrogens with two attached hydrogens (primary N) is 1. The Balaban J connectivity index is 1.96. The smallest absolute Gasteiger partial charge is 0.137 e. The summed E-state index contributed by atoms with van der Waals surface area (Å²) in [4.78, 5) is 12.0. The lowest BCUT2D eigenvalue weighted by Gasteiger charge is -2.40. The predicted molar refractivity (Wildman–Crippen MR) is 75.1 cm³/mol. The van der Waals surface area contributed by atoms with Crippen LogP contribution >= 0.6 is 23.2 Å². The van der Waals surface area contributed by atoms with E-state index >= 15 is 0 Å². The second-order valence-electron chi connectivity index (χ2n) is 5.20. The van der Waals surface area contributed by atoms with Crippen molar-refractivity contribution < 1.29 is 4.79 Å². The highest BCUT2D eigenvalue weighted by atomic mass is 35.5. The summed E-state index contributed by atoms with van der Waals surface area (Å²) in [5, 5.41) is 1.02. The molecule has 0 atom stereocenters. The van der Waals surface area contributed by atoms with Crippen LogP contribution in [0.3, 0.4) is 0 Å². The Morgan fingerprint density at radius 2 is 2.00 bits per heavy atom. The monoisotopic (exact) mass is 285 g/mol. The van der Waals surface area contributed by atoms with Gasteiger partial charge in [-0.05, 0) is 42.5 Å². The van der Waals surface area contributed by atoms with Gasteiger partial charge in [-0.1, -0.05) is 35.7 Å². The van der Waals surface area contributed by atoms with E-state index in [9.17, 15) is 4.79 Å². The highest BCUT2D eigenvalue weighted by Gasteiger charge is 2.37. The van der Waals surface area contributed by atoms with E-state index in [1.807, 2.05) is 6.07 Å². The van der Waals surface area contributed by atoms with Crippen LogP contribution in [0.5, 0.6) is 0 Å². The van der Waals surface area contributed by atoms with Gasteiger partial charge in [-0.15, -0.1) is 0 Å². The highest BCUT2D eigenvalue weighted by molar-refractivity contribution is 6.42. The maximum atomic E-state index is 12.0. The van der Waals surface area contributed by atoms with Gasteiger partial charge >= 0.3 is 0 Å². The normalized spacial score (nSPS) is 17.3. The topological polar surface area (TPSA) is 43.1 Å². The summed E-state index contributed by atoms with van der Waals surface area (Å²) < 4.78 is 0. The molecule has 1 fully saturated rings. The first-order valence-corrected chi connectivity index (χ1v) is 6.96. The fourth-order valence-corrected chi connectivity index (χ4v) is 2.81. The van der Waals surface area contributed by atoms with E-state index in [1.54, 1.807) is 12.1 Å². The zero-order valence-corrected chi connectivity index (χ0v) is 11.7. The molecule has 1 aliphatic rings. The lowest BCUT2D eigenvalue weighted by atomic mass is 9.65. The van der Waals surface area contributed by atoms with Crippen LogP contribution in [-0.2, 0) is 11.2 Å². The summed E-state index contributed by atoms with van der Waals surface area (Å²) in [6.45, 7) is 0.611. The second kappa shape index (κ2) is 5.60. The zero-order valence-electron chi connectivity index (χ0n) is 10.2. The van der Waals surface area contributed by atoms with E-state index in [2.05, 4.69) is 0 Å². The van der Waals surface area contributed by atoms with E-state index in [1.165, 1.54) is 6.42 Å². The van der Waals surface area contributed by atoms with Crippen LogP contribution in [0.1, 0.15) is 31.2 Å². The number of rotatable bonds is 5. The lowest BCUT2D eigenvalue weighted by Crippen LogP contribution is -2.39. The number of hydrogen-bond donors (Lipinski definition) is 1. The molecule has 0 aromatic heterocycles. The Labute approximate surface area is 117 Å². The van der Waals surface area contributed by atoms with Crippen molar-refractivity contribution in [3.63, 3.8) is 0 Å². The van der Waals surface area contributed by atoms with Gasteiger partial charge in [0, 0.05) is 12.8 Å². The van der Waals surface area contributed by atoms with Crippen molar-refractivity contribution in [1.82, 2.24) is 0 Å². The Hall–Kier alpha value is -0.570. The fourth-order valence-electron chi connectivity index (χ4n) is 2.49. The van der Waals surface area contributed by atoms with Crippen molar-refractivity contribution in [2.24, 2.45) is 11.1 Å². The van der Waals surface area contributed by atoms with Gasteiger partial charge in [-0.25, -0.2) is 0 Å². The molecule has 1 aromatic carbocycles. The summed E-state index contributed by atoms with van der Waals surface area (Å²) in [5.41, 5.74) is 6.76. The van der Waals surface area contributed by atoms with Crippen LogP contribution in [0.25, 0.3) is 0 Å². The van der Waals surface area contributed by atoms with E-state index in [0.717, 1.165) is 18.4 Å². The molecule has 0 heterocycles. The van der Waals surface area contributed by atoms with E-state index in [0.29, 0.717) is 29.4 Å². The predicted octanol–water partition coefficient (Wildman–Crippen LogP) is 3.62. The first kappa shape index (κ1) is 13.9. The second-order valence-corrected chi connectivity index (χ2v) is 6.01. The molecule has 1 aliphatic carbocycles. The average molecular weight is 286 g/mol. The third-order valence-electron chi connectivity index (χ3n) is 3.80. The highest BCUT2D eigenvalue weighted by Crippen LogP contribution is 2.43. The van der Waals surface area contributed by atoms with Crippen molar-refractivity contribution in [3.8, 4) is 0 Å².